The molecule has 0 fully saturated rings. The molecule has 0 saturated carbocycles. The molecule has 0 aliphatic rings. The molecule has 0 saturated heterocycles. The molecule has 116 valence electrons. The summed E-state index contributed by atoms with van der Waals surface area (Å²) in [6.45, 7) is 4.26. The third kappa shape index (κ3) is 2.69. The zero-order valence-corrected chi connectivity index (χ0v) is 14.0. The van der Waals surface area contributed by atoms with Crippen molar-refractivity contribution in [3.05, 3.63) is 90.0 Å². The van der Waals surface area contributed by atoms with Gasteiger partial charge in [0, 0.05) is 10.9 Å². The molecule has 0 aliphatic heterocycles. The summed E-state index contributed by atoms with van der Waals surface area (Å²) in [5.74, 6) is 0. The first kappa shape index (κ1) is 14.6. The average Bonchev–Trinajstić information content (AvgIpc) is 2.60. The van der Waals surface area contributed by atoms with Crippen LogP contribution in [0.1, 0.15) is 11.1 Å². The number of aryl methyl sites for hydroxylation is 2. The minimum atomic E-state index is 1.03. The van der Waals surface area contributed by atoms with Crippen molar-refractivity contribution in [2.24, 2.45) is 0 Å². The molecule has 1 nitrogen and oxygen atoms in total. The predicted octanol–water partition coefficient (Wildman–Crippen LogP) is 6.19. The minimum Gasteiger partial charge on any atom is -0.248 e. The van der Waals surface area contributed by atoms with Crippen molar-refractivity contribution in [2.75, 3.05) is 0 Å². The standard InChI is InChI=1S/C23H19N/c1-16-13-17(2)15-19(14-16)22-12-11-21-20(9-6-10-23(21)24-22)18-7-4-3-5-8-18/h3-15H,1-2H3. The maximum absolute atomic E-state index is 4.91. The van der Waals surface area contributed by atoms with Crippen LogP contribution in [0.5, 0.6) is 0 Å². The van der Waals surface area contributed by atoms with Gasteiger partial charge in [0.25, 0.3) is 0 Å². The van der Waals surface area contributed by atoms with Crippen LogP contribution in [-0.2, 0) is 0 Å². The minimum absolute atomic E-state index is 1.03. The molecule has 0 bridgehead atoms. The molecule has 1 heteroatoms. The Balaban J connectivity index is 1.88. The highest BCUT2D eigenvalue weighted by atomic mass is 14.7. The Kier molecular flexibility index (Phi) is 3.62. The van der Waals surface area contributed by atoms with Gasteiger partial charge in [-0.1, -0.05) is 65.7 Å². The van der Waals surface area contributed by atoms with Crippen LogP contribution in [0, 0.1) is 13.8 Å². The summed E-state index contributed by atoms with van der Waals surface area (Å²) in [5.41, 5.74) is 8.23. The summed E-state index contributed by atoms with van der Waals surface area (Å²) >= 11 is 0. The van der Waals surface area contributed by atoms with E-state index >= 15 is 0 Å². The normalized spacial score (nSPS) is 10.9. The van der Waals surface area contributed by atoms with Crippen LogP contribution in [0.4, 0.5) is 0 Å². The van der Waals surface area contributed by atoms with Crippen molar-refractivity contribution in [3.63, 3.8) is 0 Å². The van der Waals surface area contributed by atoms with Crippen LogP contribution in [-0.4, -0.2) is 4.98 Å². The largest absolute Gasteiger partial charge is 0.248 e. The Labute approximate surface area is 142 Å². The fourth-order valence-corrected chi connectivity index (χ4v) is 3.31. The van der Waals surface area contributed by atoms with E-state index in [1.54, 1.807) is 0 Å². The lowest BCUT2D eigenvalue weighted by Gasteiger charge is -2.09. The van der Waals surface area contributed by atoms with E-state index in [1.165, 1.54) is 33.2 Å². The topological polar surface area (TPSA) is 12.9 Å². The summed E-state index contributed by atoms with van der Waals surface area (Å²) in [5, 5.41) is 1.19. The maximum atomic E-state index is 4.91. The van der Waals surface area contributed by atoms with Gasteiger partial charge in [0.1, 0.15) is 0 Å². The molecular weight excluding hydrogens is 290 g/mol. The summed E-state index contributed by atoms with van der Waals surface area (Å²) in [7, 11) is 0. The average molecular weight is 309 g/mol. The van der Waals surface area contributed by atoms with Crippen molar-refractivity contribution < 1.29 is 0 Å². The van der Waals surface area contributed by atoms with E-state index in [1.807, 2.05) is 6.07 Å². The van der Waals surface area contributed by atoms with Gasteiger partial charge < -0.3 is 0 Å². The van der Waals surface area contributed by atoms with Crippen molar-refractivity contribution in [1.29, 1.82) is 0 Å². The van der Waals surface area contributed by atoms with Gasteiger partial charge in [0.2, 0.25) is 0 Å². The molecule has 0 N–H and O–H groups in total. The van der Waals surface area contributed by atoms with Gasteiger partial charge in [-0.2, -0.15) is 0 Å². The fourth-order valence-electron chi connectivity index (χ4n) is 3.31. The molecule has 0 spiro atoms. The van der Waals surface area contributed by atoms with Crippen LogP contribution in [0.15, 0.2) is 78.9 Å². The lowest BCUT2D eigenvalue weighted by Crippen LogP contribution is -1.89. The smallest absolute Gasteiger partial charge is 0.0715 e. The summed E-state index contributed by atoms with van der Waals surface area (Å²) in [4.78, 5) is 4.91. The van der Waals surface area contributed by atoms with Crippen molar-refractivity contribution in [3.8, 4) is 22.4 Å². The summed E-state index contributed by atoms with van der Waals surface area (Å²) in [6.07, 6.45) is 0. The number of hydrogen-bond donors (Lipinski definition) is 0. The number of nitrogens with zero attached hydrogens (tertiary/aromatic N) is 1. The number of fused-ring (bicyclic) bond motifs is 1. The third-order valence-electron chi connectivity index (χ3n) is 4.33. The molecule has 0 atom stereocenters. The Morgan fingerprint density at radius 2 is 1.38 bits per heavy atom. The number of aromatic nitrogens is 1. The third-order valence-corrected chi connectivity index (χ3v) is 4.33. The summed E-state index contributed by atoms with van der Waals surface area (Å²) in [6, 6.07) is 27.7. The quantitative estimate of drug-likeness (QED) is 0.430. The Morgan fingerprint density at radius 1 is 0.625 bits per heavy atom. The van der Waals surface area contributed by atoms with Crippen LogP contribution in [0.3, 0.4) is 0 Å². The lowest BCUT2D eigenvalue weighted by molar-refractivity contribution is 1.34. The lowest BCUT2D eigenvalue weighted by atomic mass is 9.99. The molecule has 4 rings (SSSR count). The second-order valence-corrected chi connectivity index (χ2v) is 6.31. The van der Waals surface area contributed by atoms with Crippen molar-refractivity contribution in [1.82, 2.24) is 4.98 Å². The first-order valence-electron chi connectivity index (χ1n) is 8.24. The maximum Gasteiger partial charge on any atom is 0.0715 e. The van der Waals surface area contributed by atoms with E-state index in [9.17, 15) is 0 Å². The van der Waals surface area contributed by atoms with E-state index in [4.69, 9.17) is 4.98 Å². The second kappa shape index (κ2) is 5.93. The first-order chi connectivity index (χ1) is 11.7. The molecule has 1 heterocycles. The molecule has 4 aromatic rings. The number of hydrogen-bond acceptors (Lipinski definition) is 1. The summed E-state index contributed by atoms with van der Waals surface area (Å²) < 4.78 is 0. The van der Waals surface area contributed by atoms with E-state index in [0.29, 0.717) is 0 Å². The van der Waals surface area contributed by atoms with Crippen LogP contribution < -0.4 is 0 Å². The van der Waals surface area contributed by atoms with E-state index in [-0.39, 0.29) is 0 Å². The Hall–Kier alpha value is -2.93. The highest BCUT2D eigenvalue weighted by Gasteiger charge is 2.07. The zero-order chi connectivity index (χ0) is 16.5. The van der Waals surface area contributed by atoms with Gasteiger partial charge in [-0.3, -0.25) is 0 Å². The van der Waals surface area contributed by atoms with Gasteiger partial charge in [-0.05, 0) is 49.2 Å². The number of benzene rings is 3. The highest BCUT2D eigenvalue weighted by molar-refractivity contribution is 5.95. The van der Waals surface area contributed by atoms with Gasteiger partial charge in [0.05, 0.1) is 11.2 Å². The Bertz CT molecular complexity index is 996. The molecule has 0 unspecified atom stereocenters. The number of pyridine rings is 1. The molecule has 1 aromatic heterocycles. The van der Waals surface area contributed by atoms with Crippen molar-refractivity contribution in [2.45, 2.75) is 13.8 Å². The van der Waals surface area contributed by atoms with Crippen LogP contribution in [0.2, 0.25) is 0 Å². The van der Waals surface area contributed by atoms with Crippen LogP contribution in [0.25, 0.3) is 33.3 Å². The second-order valence-electron chi connectivity index (χ2n) is 6.31. The molecule has 0 aliphatic carbocycles. The number of rotatable bonds is 2. The Morgan fingerprint density at radius 3 is 2.12 bits per heavy atom. The van der Waals surface area contributed by atoms with E-state index < -0.39 is 0 Å². The van der Waals surface area contributed by atoms with Crippen molar-refractivity contribution >= 4 is 10.9 Å². The monoisotopic (exact) mass is 309 g/mol. The molecule has 24 heavy (non-hydrogen) atoms. The van der Waals surface area contributed by atoms with Gasteiger partial charge in [-0.15, -0.1) is 0 Å². The fraction of sp³-hybridized carbons (Fsp3) is 0.0870. The van der Waals surface area contributed by atoms with Gasteiger partial charge >= 0.3 is 0 Å². The molecule has 3 aromatic carbocycles. The van der Waals surface area contributed by atoms with Gasteiger partial charge in [-0.25, -0.2) is 4.98 Å². The SMILES string of the molecule is Cc1cc(C)cc(-c2ccc3c(-c4ccccc4)cccc3n2)c1. The molecule has 0 amide bonds. The highest BCUT2D eigenvalue weighted by Crippen LogP contribution is 2.30. The van der Waals surface area contributed by atoms with Crippen LogP contribution >= 0.6 is 0 Å². The molecular formula is C23H19N. The zero-order valence-electron chi connectivity index (χ0n) is 14.0. The predicted molar refractivity (Wildman–Crippen MR) is 102 cm³/mol. The van der Waals surface area contributed by atoms with E-state index in [2.05, 4.69) is 86.6 Å². The van der Waals surface area contributed by atoms with E-state index in [0.717, 1.165) is 11.2 Å². The van der Waals surface area contributed by atoms with Gasteiger partial charge in [0.15, 0.2) is 0 Å². The first-order valence-corrected chi connectivity index (χ1v) is 8.24. The molecule has 0 radical (unpaired) electrons.